The van der Waals surface area contributed by atoms with Crippen molar-refractivity contribution in [3.05, 3.63) is 46.5 Å². The number of furan rings is 1. The summed E-state index contributed by atoms with van der Waals surface area (Å²) in [6, 6.07) is 4.06. The van der Waals surface area contributed by atoms with Gasteiger partial charge in [0.05, 0.1) is 12.1 Å². The van der Waals surface area contributed by atoms with Crippen LogP contribution in [0.4, 0.5) is 5.82 Å². The van der Waals surface area contributed by atoms with Gasteiger partial charge >= 0.3 is 0 Å². The monoisotopic (exact) mass is 278 g/mol. The molecule has 0 saturated heterocycles. The van der Waals surface area contributed by atoms with E-state index in [0.29, 0.717) is 5.88 Å². The fraction of sp³-hybridized carbons (Fsp3) is 0.400. The zero-order chi connectivity index (χ0) is 14.0. The van der Waals surface area contributed by atoms with E-state index in [1.807, 2.05) is 27.0 Å². The zero-order valence-electron chi connectivity index (χ0n) is 11.8. The van der Waals surface area contributed by atoms with Gasteiger partial charge in [0.15, 0.2) is 0 Å². The van der Waals surface area contributed by atoms with Crippen molar-refractivity contribution in [1.82, 2.24) is 4.98 Å². The molecule has 2 heterocycles. The highest BCUT2D eigenvalue weighted by Crippen LogP contribution is 2.25. The average molecular weight is 279 g/mol. The van der Waals surface area contributed by atoms with E-state index in [1.54, 1.807) is 6.26 Å². The molecule has 4 heteroatoms. The number of rotatable bonds is 4. The van der Waals surface area contributed by atoms with E-state index in [1.165, 1.54) is 11.1 Å². The fourth-order valence-corrected chi connectivity index (χ4v) is 2.56. The minimum Gasteiger partial charge on any atom is -0.469 e. The third-order valence-electron chi connectivity index (χ3n) is 3.32. The quantitative estimate of drug-likeness (QED) is 0.793. The number of hydrogen-bond donors (Lipinski definition) is 0. The molecule has 0 spiro atoms. The molecule has 0 unspecified atom stereocenters. The summed E-state index contributed by atoms with van der Waals surface area (Å²) in [7, 11) is 2.03. The highest BCUT2D eigenvalue weighted by atomic mass is 35.5. The molecule has 2 rings (SSSR count). The summed E-state index contributed by atoms with van der Waals surface area (Å²) in [5.41, 5.74) is 4.46. The van der Waals surface area contributed by atoms with Crippen LogP contribution in [-0.2, 0) is 12.4 Å². The number of halogens is 1. The molecule has 0 N–H and O–H groups in total. The second-order valence-corrected chi connectivity index (χ2v) is 5.14. The Bertz CT molecular complexity index is 578. The summed E-state index contributed by atoms with van der Waals surface area (Å²) >= 11 is 6.06. The van der Waals surface area contributed by atoms with Crippen LogP contribution in [0.25, 0.3) is 0 Å². The number of aryl methyl sites for hydroxylation is 3. The standard InChI is InChI=1S/C15H19ClN2O/c1-10-7-11(2)17-15(14(10)8-16)18(4)9-13-5-6-19-12(13)3/h5-7H,8-9H2,1-4H3. The topological polar surface area (TPSA) is 29.3 Å². The van der Waals surface area contributed by atoms with Crippen LogP contribution in [0, 0.1) is 20.8 Å². The largest absolute Gasteiger partial charge is 0.469 e. The first kappa shape index (κ1) is 13.9. The number of aromatic nitrogens is 1. The minimum absolute atomic E-state index is 0.475. The smallest absolute Gasteiger partial charge is 0.133 e. The van der Waals surface area contributed by atoms with Gasteiger partial charge in [0.25, 0.3) is 0 Å². The van der Waals surface area contributed by atoms with E-state index in [-0.39, 0.29) is 0 Å². The van der Waals surface area contributed by atoms with Crippen LogP contribution in [0.5, 0.6) is 0 Å². The molecule has 0 saturated carbocycles. The lowest BCUT2D eigenvalue weighted by atomic mass is 10.1. The molecule has 2 aromatic rings. The van der Waals surface area contributed by atoms with Crippen LogP contribution in [0.15, 0.2) is 22.8 Å². The SMILES string of the molecule is Cc1cc(C)c(CCl)c(N(C)Cc2ccoc2C)n1. The molecular weight excluding hydrogens is 260 g/mol. The van der Waals surface area contributed by atoms with E-state index in [0.717, 1.165) is 29.4 Å². The van der Waals surface area contributed by atoms with Crippen molar-refractivity contribution in [2.45, 2.75) is 33.2 Å². The Morgan fingerprint density at radius 3 is 2.63 bits per heavy atom. The molecule has 0 aliphatic carbocycles. The Morgan fingerprint density at radius 1 is 1.32 bits per heavy atom. The molecular formula is C15H19ClN2O. The highest BCUT2D eigenvalue weighted by molar-refractivity contribution is 6.17. The maximum absolute atomic E-state index is 6.06. The molecule has 0 atom stereocenters. The van der Waals surface area contributed by atoms with Crippen LogP contribution in [0.2, 0.25) is 0 Å². The lowest BCUT2D eigenvalue weighted by Gasteiger charge is -2.22. The van der Waals surface area contributed by atoms with Gasteiger partial charge in [0.2, 0.25) is 0 Å². The zero-order valence-corrected chi connectivity index (χ0v) is 12.6. The normalized spacial score (nSPS) is 10.8. The van der Waals surface area contributed by atoms with E-state index < -0.39 is 0 Å². The first-order chi connectivity index (χ1) is 9.02. The van der Waals surface area contributed by atoms with Gasteiger partial charge in [-0.2, -0.15) is 0 Å². The highest BCUT2D eigenvalue weighted by Gasteiger charge is 2.14. The van der Waals surface area contributed by atoms with E-state index >= 15 is 0 Å². The van der Waals surface area contributed by atoms with Gasteiger partial charge in [0, 0.05) is 30.4 Å². The van der Waals surface area contributed by atoms with Crippen LogP contribution >= 0.6 is 11.6 Å². The molecule has 0 bridgehead atoms. The summed E-state index contributed by atoms with van der Waals surface area (Å²) in [6.45, 7) is 6.82. The second kappa shape index (κ2) is 5.66. The minimum atomic E-state index is 0.475. The molecule has 0 aromatic carbocycles. The van der Waals surface area contributed by atoms with Gasteiger partial charge < -0.3 is 9.32 Å². The van der Waals surface area contributed by atoms with E-state index in [9.17, 15) is 0 Å². The Labute approximate surface area is 119 Å². The molecule has 0 fully saturated rings. The molecule has 19 heavy (non-hydrogen) atoms. The molecule has 0 aliphatic rings. The molecule has 2 aromatic heterocycles. The maximum atomic E-state index is 6.06. The van der Waals surface area contributed by atoms with Gasteiger partial charge in [-0.05, 0) is 38.5 Å². The Hall–Kier alpha value is -1.48. The van der Waals surface area contributed by atoms with Crippen LogP contribution in [0.1, 0.15) is 28.1 Å². The third kappa shape index (κ3) is 2.92. The molecule has 0 aliphatic heterocycles. The first-order valence-corrected chi connectivity index (χ1v) is 6.83. The predicted octanol–water partition coefficient (Wildman–Crippen LogP) is 3.98. The fourth-order valence-electron chi connectivity index (χ4n) is 2.23. The first-order valence-electron chi connectivity index (χ1n) is 6.30. The molecule has 0 amide bonds. The van der Waals surface area contributed by atoms with Crippen molar-refractivity contribution in [2.75, 3.05) is 11.9 Å². The molecule has 3 nitrogen and oxygen atoms in total. The van der Waals surface area contributed by atoms with Crippen molar-refractivity contribution >= 4 is 17.4 Å². The van der Waals surface area contributed by atoms with Crippen LogP contribution < -0.4 is 4.90 Å². The van der Waals surface area contributed by atoms with Gasteiger partial charge in [-0.3, -0.25) is 0 Å². The Morgan fingerprint density at radius 2 is 2.05 bits per heavy atom. The Kier molecular flexibility index (Phi) is 4.15. The van der Waals surface area contributed by atoms with Crippen molar-refractivity contribution < 1.29 is 4.42 Å². The molecule has 0 radical (unpaired) electrons. The van der Waals surface area contributed by atoms with Crippen molar-refractivity contribution in [2.24, 2.45) is 0 Å². The number of anilines is 1. The predicted molar refractivity (Wildman–Crippen MR) is 78.8 cm³/mol. The van der Waals surface area contributed by atoms with Crippen LogP contribution in [0.3, 0.4) is 0 Å². The van der Waals surface area contributed by atoms with Gasteiger partial charge in [-0.1, -0.05) is 0 Å². The summed E-state index contributed by atoms with van der Waals surface area (Å²) in [6.07, 6.45) is 1.72. The van der Waals surface area contributed by atoms with Gasteiger partial charge in [0.1, 0.15) is 11.6 Å². The van der Waals surface area contributed by atoms with E-state index in [4.69, 9.17) is 16.0 Å². The number of hydrogen-bond acceptors (Lipinski definition) is 3. The molecule has 102 valence electrons. The van der Waals surface area contributed by atoms with E-state index in [2.05, 4.69) is 22.9 Å². The summed E-state index contributed by atoms with van der Waals surface area (Å²) in [4.78, 5) is 6.75. The summed E-state index contributed by atoms with van der Waals surface area (Å²) < 4.78 is 5.33. The van der Waals surface area contributed by atoms with Crippen LogP contribution in [-0.4, -0.2) is 12.0 Å². The van der Waals surface area contributed by atoms with Crippen molar-refractivity contribution in [1.29, 1.82) is 0 Å². The third-order valence-corrected chi connectivity index (χ3v) is 3.59. The summed E-state index contributed by atoms with van der Waals surface area (Å²) in [5, 5.41) is 0. The lowest BCUT2D eigenvalue weighted by Crippen LogP contribution is -2.20. The van der Waals surface area contributed by atoms with Crippen molar-refractivity contribution in [3.8, 4) is 0 Å². The number of alkyl halides is 1. The second-order valence-electron chi connectivity index (χ2n) is 4.87. The average Bonchev–Trinajstić information content (AvgIpc) is 2.74. The number of nitrogens with zero attached hydrogens (tertiary/aromatic N) is 2. The number of pyridine rings is 1. The van der Waals surface area contributed by atoms with Crippen molar-refractivity contribution in [3.63, 3.8) is 0 Å². The maximum Gasteiger partial charge on any atom is 0.133 e. The van der Waals surface area contributed by atoms with Gasteiger partial charge in [-0.15, -0.1) is 11.6 Å². The Balaban J connectivity index is 2.33. The lowest BCUT2D eigenvalue weighted by molar-refractivity contribution is 0.529. The summed E-state index contributed by atoms with van der Waals surface area (Å²) in [5.74, 6) is 2.38. The van der Waals surface area contributed by atoms with Gasteiger partial charge in [-0.25, -0.2) is 4.98 Å².